The maximum Gasteiger partial charge on any atom is 0.246 e. The highest BCUT2D eigenvalue weighted by Crippen LogP contribution is 2.30. The van der Waals surface area contributed by atoms with Gasteiger partial charge < -0.3 is 127 Å². The van der Waals surface area contributed by atoms with Crippen molar-refractivity contribution in [1.29, 1.82) is 0 Å². The van der Waals surface area contributed by atoms with Gasteiger partial charge in [-0.2, -0.15) is 0 Å². The van der Waals surface area contributed by atoms with Crippen molar-refractivity contribution in [1.82, 2.24) is 82.7 Å². The first-order valence-electron chi connectivity index (χ1n) is 42.8. The van der Waals surface area contributed by atoms with E-state index in [1.165, 1.54) is 68.6 Å². The molecule has 0 aliphatic carbocycles. The Morgan fingerprint density at radius 3 is 1.72 bits per heavy atom. The highest BCUT2D eigenvalue weighted by atomic mass is 32.2. The standard InChI is InChI=1S/C85H120N22O20S2/c1-7-9-19-63-78(120)100-61(38-88)77(119)102-62(73(115)93-40-70(91)112)43-128-44-71(113)94-57(32-46-23-25-49(108)26-24-46)81(123)103(4)45(3)72(114)98-59(36-69(90)111)84(126)106-31-15-21-64(106)79(121)101-60(37-87)76(118)96-55(27-28-68(89)110)83(125)107-41-50(109)35-66(107)80(122)97-56(33-47-39-92-53-18-13-11-16-51(47)53)75(117)95-54(29-30-86)74(116)99-58(34-48-42-129-67-22-14-12-17-52(48)67)82(124)105(6)65(20-10-8-2)85(127)104(63)5/h11-14,16-18,22-26,39,42,45,50,54-66,92,108-109H,7-10,15,19-21,27-38,40-41,43-44,86-88H2,1-6H3,(H2,89,110)(H2,90,111)(H2,91,112)(H,93,115)(H,94,113)(H,95,117)(H,96,118)(H,97,122)(H,98,114)(H,99,116)(H,100,120)(H,101,121)(H,102,119)/t45-,50+,54-,55-,56-,57-,58-,59-,60-,61-,62-,63-,64-,65-,66-/m0/s1. The third-order valence-corrected chi connectivity index (χ3v) is 25.0. The number of carbonyl (C=O) groups excluding carboxylic acids is 18. The molecule has 44 heteroatoms. The van der Waals surface area contributed by atoms with Gasteiger partial charge in [0.15, 0.2) is 0 Å². The summed E-state index contributed by atoms with van der Waals surface area (Å²) in [5.74, 6) is -18.5. The number of thiophene rings is 1. The summed E-state index contributed by atoms with van der Waals surface area (Å²) in [5, 5.41) is 50.5. The molecule has 129 heavy (non-hydrogen) atoms. The van der Waals surface area contributed by atoms with E-state index in [9.17, 15) is 67.7 Å². The van der Waals surface area contributed by atoms with Gasteiger partial charge in [-0.25, -0.2) is 0 Å². The number of unbranched alkanes of at least 4 members (excludes halogenated alkanes) is 2. The second-order valence-corrected chi connectivity index (χ2v) is 34.3. The first-order valence-corrected chi connectivity index (χ1v) is 44.9. The van der Waals surface area contributed by atoms with Gasteiger partial charge in [0, 0.05) is 107 Å². The van der Waals surface area contributed by atoms with Gasteiger partial charge in [-0.1, -0.05) is 88.1 Å². The second-order valence-electron chi connectivity index (χ2n) is 32.4. The number of nitrogens with one attached hydrogen (secondary N) is 11. The van der Waals surface area contributed by atoms with Crippen LogP contribution >= 0.6 is 23.1 Å². The van der Waals surface area contributed by atoms with Crippen LogP contribution in [0.25, 0.3) is 21.0 Å². The minimum atomic E-state index is -1.80. The normalized spacial score (nSPS) is 25.3. The Bertz CT molecular complexity index is 4880. The number of fused-ring (bicyclic) bond motifs is 4. The van der Waals surface area contributed by atoms with Crippen LogP contribution in [0.2, 0.25) is 0 Å². The number of H-pyrrole nitrogens is 1. The van der Waals surface area contributed by atoms with Gasteiger partial charge in [0.25, 0.3) is 0 Å². The summed E-state index contributed by atoms with van der Waals surface area (Å²) in [6.45, 7) is 2.01. The first kappa shape index (κ1) is 102. The lowest BCUT2D eigenvalue weighted by Crippen LogP contribution is -2.62. The molecular weight excluding hydrogens is 1710 g/mol. The molecule has 3 saturated heterocycles. The van der Waals surface area contributed by atoms with Gasteiger partial charge in [-0.3, -0.25) is 86.3 Å². The first-order chi connectivity index (χ1) is 61.4. The molecule has 3 aromatic carbocycles. The summed E-state index contributed by atoms with van der Waals surface area (Å²) < 4.78 is 0.827. The molecule has 5 aromatic rings. The Labute approximate surface area is 753 Å². The molecular formula is C85H120N22O20S2. The summed E-state index contributed by atoms with van der Waals surface area (Å²) in [4.78, 5) is 268. The van der Waals surface area contributed by atoms with Crippen LogP contribution in [0.15, 0.2) is 84.4 Å². The van der Waals surface area contributed by atoms with Crippen molar-refractivity contribution in [2.24, 2.45) is 34.4 Å². The molecule has 0 radical (unpaired) electrons. The highest BCUT2D eigenvalue weighted by molar-refractivity contribution is 8.00. The number of rotatable bonds is 24. The molecule has 3 fully saturated rings. The monoisotopic (exact) mass is 1830 g/mol. The van der Waals surface area contributed by atoms with E-state index in [-0.39, 0.29) is 70.2 Å². The van der Waals surface area contributed by atoms with Crippen LogP contribution in [0.5, 0.6) is 5.75 Å². The number of aromatic nitrogens is 1. The number of aliphatic hydroxyl groups excluding tert-OH is 1. The van der Waals surface area contributed by atoms with E-state index in [1.807, 2.05) is 37.4 Å². The van der Waals surface area contributed by atoms with Crippen LogP contribution in [-0.4, -0.2) is 309 Å². The van der Waals surface area contributed by atoms with Crippen LogP contribution in [0.4, 0.5) is 0 Å². The van der Waals surface area contributed by atoms with Crippen LogP contribution < -0.4 is 87.6 Å². The van der Waals surface area contributed by atoms with E-state index in [4.69, 9.17) is 34.4 Å². The molecule has 25 N–H and O–H groups in total. The van der Waals surface area contributed by atoms with Crippen LogP contribution in [0.1, 0.15) is 121 Å². The van der Waals surface area contributed by atoms with Crippen molar-refractivity contribution in [3.05, 3.63) is 101 Å². The summed E-state index contributed by atoms with van der Waals surface area (Å²) in [7, 11) is 3.91. The average Bonchev–Trinajstić information content (AvgIpc) is 1.63. The van der Waals surface area contributed by atoms with Crippen molar-refractivity contribution in [2.45, 2.75) is 214 Å². The summed E-state index contributed by atoms with van der Waals surface area (Å²) in [5.41, 5.74) is 37.3. The predicted molar refractivity (Wildman–Crippen MR) is 476 cm³/mol. The van der Waals surface area contributed by atoms with Crippen LogP contribution in [-0.2, 0) is 106 Å². The SMILES string of the molecule is CCCC[C@H]1C(=O)N(C)[C@@H](CCCC)C(=O)N[C@@H](CN)C(=O)N[C@H](C(=O)NCC(N)=O)CSCC(=O)N[C@@H](Cc2ccc(O)cc2)C(=O)N(C)[C@@H](C)C(=O)N[C@@H](CC(N)=O)C(=O)N2CCC[C@H]2C(=O)N[C@@H](CN)C(=O)N[C@@H](CCC(N)=O)C(=O)N2C[C@H](O)C[C@H]2C(=O)N[C@@H](Cc2c[nH]c3ccccc23)C(=O)N[C@@H](CCN)C(=O)N[C@@H](Cc2csc3ccccc23)C(=O)N1C. The lowest BCUT2D eigenvalue weighted by Gasteiger charge is -2.36. The second kappa shape index (κ2) is 48.7. The van der Waals surface area contributed by atoms with Crippen molar-refractivity contribution < 1.29 is 96.5 Å². The number of thioether (sulfide) groups is 1. The van der Waals surface area contributed by atoms with Crippen molar-refractivity contribution in [3.63, 3.8) is 0 Å². The summed E-state index contributed by atoms with van der Waals surface area (Å²) in [6.07, 6.45) is -1.40. The van der Waals surface area contributed by atoms with E-state index in [1.54, 1.807) is 36.5 Å². The number of aromatic hydroxyl groups is 1. The number of hydrogen-bond acceptors (Lipinski definition) is 25. The number of phenols is 1. The van der Waals surface area contributed by atoms with E-state index in [0.29, 0.717) is 53.3 Å². The van der Waals surface area contributed by atoms with Crippen LogP contribution in [0.3, 0.4) is 0 Å². The molecule has 0 saturated carbocycles. The van der Waals surface area contributed by atoms with Crippen molar-refractivity contribution >= 4 is 150 Å². The molecule has 15 atom stereocenters. The van der Waals surface area contributed by atoms with Gasteiger partial charge in [-0.15, -0.1) is 23.1 Å². The molecule has 8 rings (SSSR count). The van der Waals surface area contributed by atoms with Gasteiger partial charge >= 0.3 is 0 Å². The predicted octanol–water partition coefficient (Wildman–Crippen LogP) is -4.93. The number of benzene rings is 3. The fourth-order valence-electron chi connectivity index (χ4n) is 15.6. The molecule has 2 aromatic heterocycles. The zero-order chi connectivity index (χ0) is 94.6. The molecule has 5 heterocycles. The van der Waals surface area contributed by atoms with E-state index in [0.717, 1.165) is 41.4 Å². The zero-order valence-corrected chi connectivity index (χ0v) is 74.6. The fourth-order valence-corrected chi connectivity index (χ4v) is 17.4. The number of aromatic amines is 1. The maximum absolute atomic E-state index is 15.7. The van der Waals surface area contributed by atoms with E-state index < -0.39 is 260 Å². The summed E-state index contributed by atoms with van der Waals surface area (Å²) >= 11 is 2.12. The Morgan fingerprint density at radius 1 is 0.519 bits per heavy atom. The van der Waals surface area contributed by atoms with Crippen molar-refractivity contribution in [3.8, 4) is 5.75 Å². The Hall–Kier alpha value is -12.4. The van der Waals surface area contributed by atoms with Gasteiger partial charge in [0.1, 0.15) is 90.3 Å². The number of likely N-dealkylation sites (N-methyl/N-ethyl adjacent to an activating group) is 3. The Balaban J connectivity index is 1.18. The third kappa shape index (κ3) is 28.1. The topological polar surface area (TPSA) is 656 Å². The Kier molecular flexibility index (Phi) is 38.5. The zero-order valence-electron chi connectivity index (χ0n) is 73.0. The summed E-state index contributed by atoms with van der Waals surface area (Å²) in [6, 6.07) is -2.17. The molecule has 0 unspecified atom stereocenters. The highest BCUT2D eigenvalue weighted by Gasteiger charge is 2.47. The largest absolute Gasteiger partial charge is 0.508 e. The molecule has 0 bridgehead atoms. The molecule has 0 spiro atoms. The van der Waals surface area contributed by atoms with Crippen molar-refractivity contribution in [2.75, 3.05) is 71.9 Å². The molecule has 3 aliphatic heterocycles. The number of primary amides is 3. The number of hydrogen-bond donors (Lipinski definition) is 19. The number of nitrogens with zero attached hydrogens (tertiary/aromatic N) is 5. The van der Waals surface area contributed by atoms with Gasteiger partial charge in [0.2, 0.25) is 106 Å². The van der Waals surface area contributed by atoms with E-state index in [2.05, 4.69) is 58.2 Å². The van der Waals surface area contributed by atoms with E-state index >= 15 is 28.8 Å². The smallest absolute Gasteiger partial charge is 0.246 e. The van der Waals surface area contributed by atoms with Crippen LogP contribution in [0, 0.1) is 0 Å². The lowest BCUT2D eigenvalue weighted by atomic mass is 10.00. The quantitative estimate of drug-likeness (QED) is 0.0275. The lowest BCUT2D eigenvalue weighted by molar-refractivity contribution is -0.149. The number of carbonyl (C=O) groups is 18. The number of phenolic OH excluding ortho intramolecular Hbond substituents is 1. The molecule has 18 amide bonds. The number of nitrogens with two attached hydrogens (primary N) is 6. The maximum atomic E-state index is 15.7. The molecule has 3 aliphatic rings. The number of para-hydroxylation sites is 1. The molecule has 42 nitrogen and oxygen atoms in total. The van der Waals surface area contributed by atoms with Gasteiger partial charge in [-0.05, 0) is 104 Å². The number of aliphatic hydroxyl groups is 1. The fraction of sp³-hybridized carbons (Fsp3) is 0.529. The van der Waals surface area contributed by atoms with Gasteiger partial charge in [0.05, 0.1) is 24.8 Å². The molecule has 702 valence electrons. The third-order valence-electron chi connectivity index (χ3n) is 23.0. The number of amides is 18. The Morgan fingerprint density at radius 2 is 1.07 bits per heavy atom. The minimum absolute atomic E-state index is 0.00251. The minimum Gasteiger partial charge on any atom is -0.508 e. The average molecular weight is 1830 g/mol.